The molecule has 0 aliphatic carbocycles. The Balaban J connectivity index is 1.58. The van der Waals surface area contributed by atoms with Crippen LogP contribution in [0.4, 0.5) is 0 Å². The van der Waals surface area contributed by atoms with Crippen molar-refractivity contribution in [3.05, 3.63) is 53.0 Å². The smallest absolute Gasteiger partial charge is 0.199 e. The highest BCUT2D eigenvalue weighted by Crippen LogP contribution is 2.36. The summed E-state index contributed by atoms with van der Waals surface area (Å²) in [4.78, 5) is 7.28. The Bertz CT molecular complexity index is 889. The second kappa shape index (κ2) is 6.58. The number of para-hydroxylation sites is 1. The van der Waals surface area contributed by atoms with Gasteiger partial charge in [0.2, 0.25) is 0 Å². The van der Waals surface area contributed by atoms with E-state index in [0.717, 1.165) is 23.3 Å². The molecule has 124 valence electrons. The Morgan fingerprint density at radius 1 is 1.38 bits per heavy atom. The van der Waals surface area contributed by atoms with E-state index < -0.39 is 0 Å². The monoisotopic (exact) mass is 357 g/mol. The molecule has 4 rings (SSSR count). The van der Waals surface area contributed by atoms with E-state index in [9.17, 15) is 0 Å². The molecule has 1 aliphatic rings. The molecular weight excluding hydrogens is 338 g/mol. The molecule has 0 radical (unpaired) electrons. The van der Waals surface area contributed by atoms with Crippen LogP contribution in [0.25, 0.3) is 10.2 Å². The van der Waals surface area contributed by atoms with Crippen molar-refractivity contribution < 1.29 is 0 Å². The quantitative estimate of drug-likeness (QED) is 0.511. The van der Waals surface area contributed by atoms with Crippen molar-refractivity contribution in [2.45, 2.75) is 32.1 Å². The number of likely N-dealkylation sites (tertiary alicyclic amines) is 1. The second-order valence-electron chi connectivity index (χ2n) is 5.99. The van der Waals surface area contributed by atoms with E-state index in [1.807, 2.05) is 21.4 Å². The summed E-state index contributed by atoms with van der Waals surface area (Å²) >= 11 is 7.31. The lowest BCUT2D eigenvalue weighted by molar-refractivity contribution is 0.189. The average molecular weight is 358 g/mol. The fourth-order valence-corrected chi connectivity index (χ4v) is 4.58. The van der Waals surface area contributed by atoms with Gasteiger partial charge >= 0.3 is 0 Å². The van der Waals surface area contributed by atoms with Gasteiger partial charge in [0.15, 0.2) is 4.77 Å². The van der Waals surface area contributed by atoms with Gasteiger partial charge in [0.1, 0.15) is 11.3 Å². The van der Waals surface area contributed by atoms with Crippen LogP contribution in [0.2, 0.25) is 0 Å². The number of benzene rings is 1. The van der Waals surface area contributed by atoms with E-state index in [0.29, 0.717) is 19.3 Å². The molecule has 1 fully saturated rings. The number of thiazole rings is 1. The first-order valence-corrected chi connectivity index (χ1v) is 9.31. The highest BCUT2D eigenvalue weighted by atomic mass is 32.1. The van der Waals surface area contributed by atoms with Crippen LogP contribution in [-0.4, -0.2) is 30.8 Å². The van der Waals surface area contributed by atoms with Crippen LogP contribution >= 0.6 is 23.6 Å². The zero-order valence-electron chi connectivity index (χ0n) is 13.3. The first-order chi connectivity index (χ1) is 11.8. The minimum atomic E-state index is 0.355. The van der Waals surface area contributed by atoms with Gasteiger partial charge in [0.25, 0.3) is 0 Å². The SMILES string of the molecule is C=CCn1cnn(CN2CCC[C@H]2c2nc3ccccc3s2)c1=S. The van der Waals surface area contributed by atoms with Gasteiger partial charge in [0.05, 0.1) is 22.9 Å². The van der Waals surface area contributed by atoms with Crippen LogP contribution in [0.5, 0.6) is 0 Å². The maximum absolute atomic E-state index is 5.51. The van der Waals surface area contributed by atoms with Crippen LogP contribution in [0, 0.1) is 4.77 Å². The summed E-state index contributed by atoms with van der Waals surface area (Å²) in [5.74, 6) is 0. The third kappa shape index (κ3) is 2.83. The van der Waals surface area contributed by atoms with Crippen molar-refractivity contribution in [1.29, 1.82) is 0 Å². The standard InChI is InChI=1S/C17H19N5S2/c1-2-9-20-11-18-22(17(20)23)12-21-10-5-7-14(21)16-19-13-6-3-4-8-15(13)24-16/h2-4,6,8,11,14H,1,5,7,9-10,12H2/t14-/m0/s1. The number of allylic oxidation sites excluding steroid dienone is 1. The van der Waals surface area contributed by atoms with E-state index >= 15 is 0 Å². The molecule has 1 saturated heterocycles. The summed E-state index contributed by atoms with van der Waals surface area (Å²) in [6, 6.07) is 8.70. The summed E-state index contributed by atoms with van der Waals surface area (Å²) < 4.78 is 5.83. The predicted molar refractivity (Wildman–Crippen MR) is 99.5 cm³/mol. The molecule has 2 aromatic heterocycles. The third-order valence-corrected chi connectivity index (χ3v) is 5.98. The molecule has 0 N–H and O–H groups in total. The summed E-state index contributed by atoms with van der Waals surface area (Å²) in [7, 11) is 0. The van der Waals surface area contributed by atoms with Crippen LogP contribution in [0.3, 0.4) is 0 Å². The van der Waals surface area contributed by atoms with Gasteiger partial charge in [-0.05, 0) is 37.2 Å². The molecule has 3 heterocycles. The van der Waals surface area contributed by atoms with E-state index in [2.05, 4.69) is 34.8 Å². The molecule has 0 amide bonds. The molecule has 0 saturated carbocycles. The first kappa shape index (κ1) is 15.7. The summed E-state index contributed by atoms with van der Waals surface area (Å²) in [5, 5.41) is 5.64. The molecule has 1 atom stereocenters. The van der Waals surface area contributed by atoms with Gasteiger partial charge in [0, 0.05) is 13.1 Å². The highest BCUT2D eigenvalue weighted by Gasteiger charge is 2.29. The molecule has 1 aromatic carbocycles. The molecule has 3 aromatic rings. The lowest BCUT2D eigenvalue weighted by atomic mass is 10.2. The highest BCUT2D eigenvalue weighted by molar-refractivity contribution is 7.71. The molecule has 0 bridgehead atoms. The van der Waals surface area contributed by atoms with Crippen LogP contribution < -0.4 is 0 Å². The van der Waals surface area contributed by atoms with Crippen molar-refractivity contribution in [3.8, 4) is 0 Å². The molecule has 1 aliphatic heterocycles. The number of hydrogen-bond donors (Lipinski definition) is 0. The first-order valence-electron chi connectivity index (χ1n) is 8.09. The van der Waals surface area contributed by atoms with E-state index in [4.69, 9.17) is 17.2 Å². The Morgan fingerprint density at radius 2 is 2.25 bits per heavy atom. The largest absolute Gasteiger partial charge is 0.303 e. The second-order valence-corrected chi connectivity index (χ2v) is 7.41. The molecule has 0 unspecified atom stereocenters. The van der Waals surface area contributed by atoms with Gasteiger partial charge in [-0.25, -0.2) is 9.67 Å². The van der Waals surface area contributed by atoms with Gasteiger partial charge in [-0.2, -0.15) is 5.10 Å². The summed E-state index contributed by atoms with van der Waals surface area (Å²) in [6.07, 6.45) is 5.94. The molecule has 0 spiro atoms. The van der Waals surface area contributed by atoms with Crippen molar-refractivity contribution in [2.75, 3.05) is 6.54 Å². The Morgan fingerprint density at radius 3 is 3.08 bits per heavy atom. The van der Waals surface area contributed by atoms with E-state index in [-0.39, 0.29) is 0 Å². The van der Waals surface area contributed by atoms with Crippen LogP contribution in [-0.2, 0) is 13.2 Å². The van der Waals surface area contributed by atoms with Crippen LogP contribution in [0.15, 0.2) is 43.2 Å². The average Bonchev–Trinajstić information content (AvgIpc) is 3.29. The number of nitrogens with zero attached hydrogens (tertiary/aromatic N) is 5. The van der Waals surface area contributed by atoms with Gasteiger partial charge in [-0.1, -0.05) is 18.2 Å². The van der Waals surface area contributed by atoms with Crippen molar-refractivity contribution in [3.63, 3.8) is 0 Å². The molecule has 24 heavy (non-hydrogen) atoms. The zero-order valence-corrected chi connectivity index (χ0v) is 15.0. The normalized spacial score (nSPS) is 18.4. The molecule has 7 heteroatoms. The number of rotatable bonds is 5. The lowest BCUT2D eigenvalue weighted by Gasteiger charge is -2.22. The fourth-order valence-electron chi connectivity index (χ4n) is 3.21. The van der Waals surface area contributed by atoms with Crippen molar-refractivity contribution >= 4 is 33.8 Å². The number of aromatic nitrogens is 4. The van der Waals surface area contributed by atoms with E-state index in [1.54, 1.807) is 17.7 Å². The molecular formula is C17H19N5S2. The maximum atomic E-state index is 5.51. The van der Waals surface area contributed by atoms with Crippen molar-refractivity contribution in [2.24, 2.45) is 0 Å². The predicted octanol–water partition coefficient (Wildman–Crippen LogP) is 4.00. The molecule has 5 nitrogen and oxygen atoms in total. The minimum absolute atomic E-state index is 0.355. The Hall–Kier alpha value is -1.83. The fraction of sp³-hybridized carbons (Fsp3) is 0.353. The number of hydrogen-bond acceptors (Lipinski definition) is 5. The van der Waals surface area contributed by atoms with Crippen LogP contribution in [0.1, 0.15) is 23.9 Å². The van der Waals surface area contributed by atoms with Gasteiger partial charge < -0.3 is 4.57 Å². The number of fused-ring (bicyclic) bond motifs is 1. The Labute approximate surface area is 149 Å². The van der Waals surface area contributed by atoms with Gasteiger partial charge in [-0.3, -0.25) is 4.90 Å². The topological polar surface area (TPSA) is 38.9 Å². The lowest BCUT2D eigenvalue weighted by Crippen LogP contribution is -2.27. The maximum Gasteiger partial charge on any atom is 0.199 e. The zero-order chi connectivity index (χ0) is 16.5. The van der Waals surface area contributed by atoms with E-state index in [1.165, 1.54) is 16.1 Å². The van der Waals surface area contributed by atoms with Gasteiger partial charge in [-0.15, -0.1) is 17.9 Å². The minimum Gasteiger partial charge on any atom is -0.303 e. The summed E-state index contributed by atoms with van der Waals surface area (Å²) in [5.41, 5.74) is 1.09. The Kier molecular flexibility index (Phi) is 4.30. The van der Waals surface area contributed by atoms with Crippen molar-refractivity contribution in [1.82, 2.24) is 24.2 Å². The third-order valence-electron chi connectivity index (χ3n) is 4.40. The summed E-state index contributed by atoms with van der Waals surface area (Å²) in [6.45, 7) is 6.22.